The molecule has 2 aromatic carbocycles. The average Bonchev–Trinajstić information content (AvgIpc) is 2.40. The highest BCUT2D eigenvalue weighted by Crippen LogP contribution is 2.38. The first kappa shape index (κ1) is 11.9. The Labute approximate surface area is 115 Å². The number of rotatable bonds is 3. The highest BCUT2D eigenvalue weighted by Gasteiger charge is 2.29. The molecule has 0 aliphatic carbocycles. The third-order valence-electron chi connectivity index (χ3n) is 2.65. The van der Waals surface area contributed by atoms with Crippen LogP contribution in [-0.4, -0.2) is 4.43 Å². The number of hydrogen-bond acceptors (Lipinski definition) is 0. The van der Waals surface area contributed by atoms with Crippen molar-refractivity contribution in [1.82, 2.24) is 0 Å². The van der Waals surface area contributed by atoms with E-state index >= 15 is 0 Å². The van der Waals surface area contributed by atoms with Gasteiger partial charge in [-0.15, -0.1) is 11.6 Å². The first-order valence-corrected chi connectivity index (χ1v) is 7.03. The third kappa shape index (κ3) is 2.25. The fourth-order valence-electron chi connectivity index (χ4n) is 1.73. The van der Waals surface area contributed by atoms with Gasteiger partial charge in [-0.2, -0.15) is 0 Å². The van der Waals surface area contributed by atoms with Gasteiger partial charge in [0.1, 0.15) is 4.87 Å². The summed E-state index contributed by atoms with van der Waals surface area (Å²) in [6.45, 7) is 0. The molecule has 0 nitrogen and oxygen atoms in total. The molecule has 0 heterocycles. The van der Waals surface area contributed by atoms with Gasteiger partial charge in [0.05, 0.1) is 0 Å². The smallest absolute Gasteiger partial charge is 0.103 e. The molecular weight excluding hydrogens is 331 g/mol. The molecule has 0 amide bonds. The van der Waals surface area contributed by atoms with E-state index in [9.17, 15) is 0 Å². The summed E-state index contributed by atoms with van der Waals surface area (Å²) in [5, 5.41) is 0. The van der Waals surface area contributed by atoms with Gasteiger partial charge >= 0.3 is 0 Å². The Balaban J connectivity index is 2.49. The molecule has 2 rings (SSSR count). The van der Waals surface area contributed by atoms with E-state index in [0.717, 1.165) is 15.6 Å². The zero-order valence-corrected chi connectivity index (χ0v) is 11.6. The van der Waals surface area contributed by atoms with Crippen molar-refractivity contribution >= 4 is 34.2 Å². The largest absolute Gasteiger partial charge is 0.108 e. The number of alkyl halides is 2. The molecule has 0 bridgehead atoms. The van der Waals surface area contributed by atoms with E-state index in [1.807, 2.05) is 36.4 Å². The van der Waals surface area contributed by atoms with Crippen LogP contribution in [0.4, 0.5) is 0 Å². The molecule has 2 heteroatoms. The van der Waals surface area contributed by atoms with Crippen molar-refractivity contribution in [2.75, 3.05) is 4.43 Å². The van der Waals surface area contributed by atoms with Crippen LogP contribution in [0.1, 0.15) is 11.1 Å². The summed E-state index contributed by atoms with van der Waals surface area (Å²) in [6.07, 6.45) is 0. The lowest BCUT2D eigenvalue weighted by atomic mass is 9.92. The summed E-state index contributed by atoms with van der Waals surface area (Å²) in [6, 6.07) is 20.5. The van der Waals surface area contributed by atoms with Crippen LogP contribution in [0, 0.1) is 0 Å². The molecule has 0 unspecified atom stereocenters. The SMILES string of the molecule is ClC(CI)(c1ccccc1)c1ccccc1. The second-order valence-corrected chi connectivity index (χ2v) is 5.07. The van der Waals surface area contributed by atoms with E-state index in [2.05, 4.69) is 46.9 Å². The Hall–Kier alpha value is -0.540. The van der Waals surface area contributed by atoms with Crippen LogP contribution >= 0.6 is 34.2 Å². The van der Waals surface area contributed by atoms with Crippen molar-refractivity contribution in [2.45, 2.75) is 4.87 Å². The molecule has 0 radical (unpaired) electrons. The molecule has 2 aromatic rings. The van der Waals surface area contributed by atoms with Crippen LogP contribution in [-0.2, 0) is 4.87 Å². The highest BCUT2D eigenvalue weighted by molar-refractivity contribution is 14.1. The third-order valence-corrected chi connectivity index (χ3v) is 4.81. The minimum Gasteiger partial charge on any atom is -0.108 e. The van der Waals surface area contributed by atoms with Crippen LogP contribution in [0.2, 0.25) is 0 Å². The van der Waals surface area contributed by atoms with Gasteiger partial charge < -0.3 is 0 Å². The molecule has 0 spiro atoms. The quantitative estimate of drug-likeness (QED) is 0.565. The summed E-state index contributed by atoms with van der Waals surface area (Å²) < 4.78 is 0.848. The normalized spacial score (nSPS) is 11.4. The minimum atomic E-state index is -0.414. The van der Waals surface area contributed by atoms with E-state index in [-0.39, 0.29) is 0 Å². The monoisotopic (exact) mass is 342 g/mol. The molecule has 0 aromatic heterocycles. The zero-order chi connectivity index (χ0) is 11.4. The summed E-state index contributed by atoms with van der Waals surface area (Å²) in [5.41, 5.74) is 2.30. The van der Waals surface area contributed by atoms with Crippen molar-refractivity contribution in [1.29, 1.82) is 0 Å². The molecule has 0 fully saturated rings. The van der Waals surface area contributed by atoms with Crippen molar-refractivity contribution in [3.8, 4) is 0 Å². The summed E-state index contributed by atoms with van der Waals surface area (Å²) >= 11 is 9.11. The van der Waals surface area contributed by atoms with Gasteiger partial charge in [-0.3, -0.25) is 0 Å². The van der Waals surface area contributed by atoms with Crippen molar-refractivity contribution < 1.29 is 0 Å². The van der Waals surface area contributed by atoms with Gasteiger partial charge in [0, 0.05) is 4.43 Å². The van der Waals surface area contributed by atoms with Gasteiger partial charge in [0.25, 0.3) is 0 Å². The van der Waals surface area contributed by atoms with Crippen LogP contribution in [0.5, 0.6) is 0 Å². The first-order valence-electron chi connectivity index (χ1n) is 5.13. The second-order valence-electron chi connectivity index (χ2n) is 3.67. The van der Waals surface area contributed by atoms with E-state index in [1.54, 1.807) is 0 Å². The lowest BCUT2D eigenvalue weighted by Crippen LogP contribution is -2.22. The minimum absolute atomic E-state index is 0.414. The molecule has 82 valence electrons. The van der Waals surface area contributed by atoms with E-state index < -0.39 is 4.87 Å². The topological polar surface area (TPSA) is 0 Å². The zero-order valence-electron chi connectivity index (χ0n) is 8.74. The van der Waals surface area contributed by atoms with Crippen LogP contribution in [0.25, 0.3) is 0 Å². The van der Waals surface area contributed by atoms with Gasteiger partial charge in [0.2, 0.25) is 0 Å². The lowest BCUT2D eigenvalue weighted by Gasteiger charge is -2.26. The van der Waals surface area contributed by atoms with Crippen LogP contribution in [0.15, 0.2) is 60.7 Å². The Morgan fingerprint density at radius 2 is 1.19 bits per heavy atom. The lowest BCUT2D eigenvalue weighted by molar-refractivity contribution is 0.851. The van der Waals surface area contributed by atoms with Crippen molar-refractivity contribution in [3.63, 3.8) is 0 Å². The molecule has 0 N–H and O–H groups in total. The molecule has 16 heavy (non-hydrogen) atoms. The second kappa shape index (κ2) is 5.19. The predicted molar refractivity (Wildman–Crippen MR) is 78.4 cm³/mol. The van der Waals surface area contributed by atoms with E-state index in [4.69, 9.17) is 11.6 Å². The number of hydrogen-bond donors (Lipinski definition) is 0. The van der Waals surface area contributed by atoms with Crippen molar-refractivity contribution in [2.24, 2.45) is 0 Å². The van der Waals surface area contributed by atoms with Gasteiger partial charge in [0.15, 0.2) is 0 Å². The highest BCUT2D eigenvalue weighted by atomic mass is 127. The average molecular weight is 343 g/mol. The fraction of sp³-hybridized carbons (Fsp3) is 0.143. The first-order chi connectivity index (χ1) is 7.77. The number of benzene rings is 2. The van der Waals surface area contributed by atoms with Crippen LogP contribution < -0.4 is 0 Å². The Morgan fingerprint density at radius 1 is 0.812 bits per heavy atom. The maximum Gasteiger partial charge on any atom is 0.103 e. The Kier molecular flexibility index (Phi) is 3.87. The van der Waals surface area contributed by atoms with Gasteiger partial charge in [-0.1, -0.05) is 83.3 Å². The van der Waals surface area contributed by atoms with Gasteiger partial charge in [-0.25, -0.2) is 0 Å². The van der Waals surface area contributed by atoms with Crippen molar-refractivity contribution in [3.05, 3.63) is 71.8 Å². The molecule has 0 atom stereocenters. The molecule has 0 aliphatic heterocycles. The predicted octanol–water partition coefficient (Wildman–Crippen LogP) is 4.60. The van der Waals surface area contributed by atoms with E-state index in [0.29, 0.717) is 0 Å². The fourth-order valence-corrected chi connectivity index (χ4v) is 2.86. The number of halogens is 2. The summed E-state index contributed by atoms with van der Waals surface area (Å²) in [4.78, 5) is -0.414. The molecule has 0 saturated carbocycles. The Bertz CT molecular complexity index is 399. The van der Waals surface area contributed by atoms with Gasteiger partial charge in [-0.05, 0) is 11.1 Å². The molecule has 0 saturated heterocycles. The maximum atomic E-state index is 6.77. The van der Waals surface area contributed by atoms with E-state index in [1.165, 1.54) is 0 Å². The molecular formula is C14H12ClI. The van der Waals surface area contributed by atoms with Crippen LogP contribution in [0.3, 0.4) is 0 Å². The maximum absolute atomic E-state index is 6.77. The summed E-state index contributed by atoms with van der Waals surface area (Å²) in [5.74, 6) is 0. The standard InChI is InChI=1S/C14H12ClI/c15-14(11-16,12-7-3-1-4-8-12)13-9-5-2-6-10-13/h1-10H,11H2. The Morgan fingerprint density at radius 3 is 1.50 bits per heavy atom. The summed E-state index contributed by atoms with van der Waals surface area (Å²) in [7, 11) is 0. The molecule has 0 aliphatic rings.